The minimum Gasteiger partial charge on any atom is -0.326 e. The Hall–Kier alpha value is -0.0305. The van der Waals surface area contributed by atoms with Crippen LogP contribution in [0.3, 0.4) is 0 Å². The van der Waals surface area contributed by atoms with Gasteiger partial charge in [0.2, 0.25) is 26.1 Å². The van der Waals surface area contributed by atoms with Crippen molar-refractivity contribution >= 4 is 97.7 Å². The zero-order valence-electron chi connectivity index (χ0n) is 23.9. The Morgan fingerprint density at radius 2 is 1.27 bits per heavy atom. The summed E-state index contributed by atoms with van der Waals surface area (Å²) in [4.78, 5) is 13.9. The molecular weight excluding hydrogens is 526 g/mol. The van der Waals surface area contributed by atoms with Crippen LogP contribution < -0.4 is 5.73 Å². The van der Waals surface area contributed by atoms with Gasteiger partial charge in [-0.05, 0) is 10.8 Å². The van der Waals surface area contributed by atoms with Crippen molar-refractivity contribution in [3.63, 3.8) is 0 Å². The molecule has 0 aliphatic rings. The molecule has 0 unspecified atom stereocenters. The number of aliphatic imine (C=N–C) groups is 1. The zero-order chi connectivity index (χ0) is 29.0. The molecule has 0 aromatic carbocycles. The van der Waals surface area contributed by atoms with Gasteiger partial charge in [0.05, 0.1) is 18.6 Å². The molecule has 9 nitrogen and oxygen atoms in total. The van der Waals surface area contributed by atoms with Gasteiger partial charge >= 0.3 is 0 Å². The molecule has 0 heterocycles. The van der Waals surface area contributed by atoms with Crippen LogP contribution in [0.4, 0.5) is 0 Å². The second kappa shape index (κ2) is 19.9. The van der Waals surface area contributed by atoms with Crippen molar-refractivity contribution in [2.75, 3.05) is 39.7 Å². The maximum absolute atomic E-state index is 11.2. The lowest BCUT2D eigenvalue weighted by atomic mass is 8.76. The van der Waals surface area contributed by atoms with Gasteiger partial charge in [-0.25, -0.2) is 35.2 Å². The number of nitrogens with zero attached hydrogens (tertiary/aromatic N) is 3. The highest BCUT2D eigenvalue weighted by Gasteiger charge is 2.28. The van der Waals surface area contributed by atoms with E-state index in [1.54, 1.807) is 7.05 Å². The molecule has 12 radical (unpaired) electrons. The largest absolute Gasteiger partial charge is 0.326 e. The second-order valence-corrected chi connectivity index (χ2v) is 14.7. The van der Waals surface area contributed by atoms with E-state index in [0.29, 0.717) is 6.54 Å². The van der Waals surface area contributed by atoms with Gasteiger partial charge in [-0.2, -0.15) is 0 Å². The van der Waals surface area contributed by atoms with Crippen molar-refractivity contribution in [1.29, 1.82) is 0 Å². The average molecular weight is 566 g/mol. The summed E-state index contributed by atoms with van der Waals surface area (Å²) in [6.45, 7) is 12.2. The smallest absolute Gasteiger partial charge is 0.235 e. The standard InChI is InChI=1S/C9H18N2O3S.C8H20N2O2S.B7.B.ClH/c1-9(2,3)8(10-7-12)6-11(4)15(5,13)14;1-8(2,3)7(9)6-10(4)13(5,11)12;1-5-7(4)6(2)3;;/h8H,6H2,1-5H3;7H,6,9H2,1-5H3;;;1H/t8-;7-;;;/m11.../s1. The first-order chi connectivity index (χ1) is 15.3. The van der Waals surface area contributed by atoms with Gasteiger partial charge in [0.25, 0.3) is 0 Å². The Kier molecular flexibility index (Phi) is 25.2. The fourth-order valence-corrected chi connectivity index (χ4v) is 2.61. The van der Waals surface area contributed by atoms with E-state index in [1.807, 2.05) is 41.5 Å². The molecule has 0 spiro atoms. The normalized spacial score (nSPS) is 13.1. The Bertz CT molecular complexity index is 868. The summed E-state index contributed by atoms with van der Waals surface area (Å²) in [5.74, 6) is 0. The van der Waals surface area contributed by atoms with Gasteiger partial charge in [-0.3, -0.25) is 0 Å². The first-order valence-corrected chi connectivity index (χ1v) is 14.5. The van der Waals surface area contributed by atoms with Crippen molar-refractivity contribution in [1.82, 2.24) is 8.61 Å². The van der Waals surface area contributed by atoms with E-state index in [2.05, 4.69) is 4.99 Å². The maximum Gasteiger partial charge on any atom is 0.235 e. The van der Waals surface area contributed by atoms with Gasteiger partial charge < -0.3 is 5.73 Å². The number of isocyanates is 1. The number of hydrogen-bond donors (Lipinski definition) is 1. The number of hydrogen-bond acceptors (Lipinski definition) is 7. The molecule has 0 aromatic heterocycles. The third-order valence-corrected chi connectivity index (χ3v) is 7.57. The summed E-state index contributed by atoms with van der Waals surface area (Å²) < 4.78 is 47.0. The van der Waals surface area contributed by atoms with Crippen LogP contribution in [0.2, 0.25) is 0 Å². The molecule has 0 saturated carbocycles. The summed E-state index contributed by atoms with van der Waals surface area (Å²) in [5.41, 5.74) is 5.50. The number of nitrogens with two attached hydrogens (primary N) is 1. The molecule has 0 amide bonds. The molecule has 0 aliphatic heterocycles. The van der Waals surface area contributed by atoms with Crippen LogP contribution >= 0.6 is 12.4 Å². The highest BCUT2D eigenvalue weighted by Crippen LogP contribution is 2.23. The molecule has 0 bridgehead atoms. The lowest BCUT2D eigenvalue weighted by Gasteiger charge is -2.29. The van der Waals surface area contributed by atoms with E-state index >= 15 is 0 Å². The van der Waals surface area contributed by atoms with Crippen LogP contribution in [-0.4, -0.2) is 142 Å². The summed E-state index contributed by atoms with van der Waals surface area (Å²) in [5, 5.41) is 0. The molecule has 0 fully saturated rings. The lowest BCUT2D eigenvalue weighted by molar-refractivity contribution is 0.280. The Labute approximate surface area is 242 Å². The van der Waals surface area contributed by atoms with E-state index in [0.717, 1.165) is 6.26 Å². The van der Waals surface area contributed by atoms with Crippen LogP contribution in [0.5, 0.6) is 0 Å². The second-order valence-electron chi connectivity index (χ2n) is 10.5. The molecular formula is C17H39B8ClN4O5S2. The molecule has 37 heavy (non-hydrogen) atoms. The topological polar surface area (TPSA) is 130 Å². The fourth-order valence-electron chi connectivity index (χ4n) is 1.77. The number of carbonyl (C=O) groups excluding carboxylic acids is 1. The van der Waals surface area contributed by atoms with Crippen LogP contribution in [0.25, 0.3) is 0 Å². The van der Waals surface area contributed by atoms with Crippen molar-refractivity contribution in [2.24, 2.45) is 21.6 Å². The number of likely N-dealkylation sites (N-methyl/N-ethyl adjacent to an activating group) is 2. The maximum atomic E-state index is 11.2. The zero-order valence-corrected chi connectivity index (χ0v) is 26.3. The van der Waals surface area contributed by atoms with Gasteiger partial charge in [0.1, 0.15) is 0 Å². The van der Waals surface area contributed by atoms with Crippen LogP contribution in [0, 0.1) is 10.8 Å². The summed E-state index contributed by atoms with van der Waals surface area (Å²) >= 11 is 0. The molecule has 0 rings (SSSR count). The third-order valence-electron chi connectivity index (χ3n) is 5.00. The Morgan fingerprint density at radius 1 is 0.919 bits per heavy atom. The number of halogens is 1. The van der Waals surface area contributed by atoms with Crippen molar-refractivity contribution < 1.29 is 21.6 Å². The average Bonchev–Trinajstić information content (AvgIpc) is 2.64. The van der Waals surface area contributed by atoms with Gasteiger partial charge in [-0.1, -0.05) is 41.5 Å². The number of sulfonamides is 2. The first kappa shape index (κ1) is 46.8. The SMILES string of the molecule is CN(C[C@@H](N)C(C)(C)C)S(C)(=O)=O.CN(C[C@@H](N=C=O)C(C)(C)C)S(C)(=O)=O.Cl.[B].[B][B]B([B])B([B])[B]. The minimum absolute atomic E-state index is 0. The molecule has 0 saturated heterocycles. The quantitative estimate of drug-likeness (QED) is 0.201. The van der Waals surface area contributed by atoms with E-state index in [1.165, 1.54) is 35.1 Å². The Balaban J connectivity index is -0.000000143. The van der Waals surface area contributed by atoms with Crippen molar-refractivity contribution in [3.8, 4) is 0 Å². The minimum atomic E-state index is -3.23. The lowest BCUT2D eigenvalue weighted by Crippen LogP contribution is -2.45. The van der Waals surface area contributed by atoms with Crippen molar-refractivity contribution in [3.05, 3.63) is 0 Å². The van der Waals surface area contributed by atoms with Crippen LogP contribution in [0.1, 0.15) is 41.5 Å². The predicted molar refractivity (Wildman–Crippen MR) is 167 cm³/mol. The van der Waals surface area contributed by atoms with Crippen LogP contribution in [0.15, 0.2) is 4.99 Å². The molecule has 200 valence electrons. The Morgan fingerprint density at radius 3 is 1.46 bits per heavy atom. The van der Waals surface area contributed by atoms with E-state index < -0.39 is 26.4 Å². The summed E-state index contributed by atoms with van der Waals surface area (Å²) in [6.07, 6.45) is 2.86. The fraction of sp³-hybridized carbons (Fsp3) is 0.941. The first-order valence-electron chi connectivity index (χ1n) is 10.8. The number of rotatable bonds is 9. The van der Waals surface area contributed by atoms with Crippen molar-refractivity contribution in [2.45, 2.75) is 53.6 Å². The summed E-state index contributed by atoms with van der Waals surface area (Å²) in [7, 11) is 18.3. The van der Waals surface area contributed by atoms with E-state index in [9.17, 15) is 21.6 Å². The van der Waals surface area contributed by atoms with Crippen LogP contribution in [-0.2, 0) is 24.8 Å². The highest BCUT2D eigenvalue weighted by atomic mass is 35.5. The molecule has 0 aromatic rings. The molecule has 0 aliphatic carbocycles. The van der Waals surface area contributed by atoms with Gasteiger partial charge in [0, 0.05) is 92.4 Å². The predicted octanol–water partition coefficient (Wildman–Crippen LogP) is -1.75. The molecule has 2 atom stereocenters. The highest BCUT2D eigenvalue weighted by molar-refractivity contribution is 7.88. The third kappa shape index (κ3) is 24.7. The molecule has 2 N–H and O–H groups in total. The molecule has 20 heteroatoms. The monoisotopic (exact) mass is 566 g/mol. The van der Waals surface area contributed by atoms with E-state index in [4.69, 9.17) is 36.7 Å². The van der Waals surface area contributed by atoms with Gasteiger partial charge in [-0.15, -0.1) is 12.4 Å². The van der Waals surface area contributed by atoms with Gasteiger partial charge in [0.15, 0.2) is 0 Å². The summed E-state index contributed by atoms with van der Waals surface area (Å²) in [6, 6.07) is -0.526. The van der Waals surface area contributed by atoms with E-state index in [-0.39, 0.29) is 56.7 Å².